The van der Waals surface area contributed by atoms with E-state index in [2.05, 4.69) is 20.3 Å². The average Bonchev–Trinajstić information content (AvgIpc) is 2.63. The van der Waals surface area contributed by atoms with E-state index in [1.807, 2.05) is 0 Å². The SMILES string of the molecule is COC(=O)Sc1nnc(NC(=O)OC(C)C)s1. The molecule has 0 atom stereocenters. The summed E-state index contributed by atoms with van der Waals surface area (Å²) in [6, 6.07) is 0. The van der Waals surface area contributed by atoms with Crippen molar-refractivity contribution in [1.82, 2.24) is 10.2 Å². The van der Waals surface area contributed by atoms with Crippen LogP contribution in [0.2, 0.25) is 0 Å². The molecule has 0 bridgehead atoms. The average molecular weight is 277 g/mol. The second kappa shape index (κ2) is 6.40. The van der Waals surface area contributed by atoms with Crippen LogP contribution in [0, 0.1) is 0 Å². The van der Waals surface area contributed by atoms with Gasteiger partial charge >= 0.3 is 11.4 Å². The third-order valence-electron chi connectivity index (χ3n) is 1.30. The number of methoxy groups -OCH3 is 1. The summed E-state index contributed by atoms with van der Waals surface area (Å²) in [6.07, 6.45) is -0.822. The molecule has 0 spiro atoms. The lowest BCUT2D eigenvalue weighted by Gasteiger charge is -2.06. The Morgan fingerprint density at radius 2 is 2.12 bits per heavy atom. The molecular weight excluding hydrogens is 266 g/mol. The molecule has 1 amide bonds. The highest BCUT2D eigenvalue weighted by Gasteiger charge is 2.13. The van der Waals surface area contributed by atoms with Crippen LogP contribution in [0.5, 0.6) is 0 Å². The lowest BCUT2D eigenvalue weighted by molar-refractivity contribution is 0.130. The molecule has 0 unspecified atom stereocenters. The molecule has 0 saturated heterocycles. The van der Waals surface area contributed by atoms with E-state index in [9.17, 15) is 9.59 Å². The van der Waals surface area contributed by atoms with Gasteiger partial charge < -0.3 is 9.47 Å². The van der Waals surface area contributed by atoms with Gasteiger partial charge in [-0.2, -0.15) is 0 Å². The van der Waals surface area contributed by atoms with Crippen LogP contribution in [0.15, 0.2) is 4.34 Å². The monoisotopic (exact) mass is 277 g/mol. The number of amides is 1. The van der Waals surface area contributed by atoms with Gasteiger partial charge in [-0.15, -0.1) is 10.2 Å². The number of rotatable bonds is 3. The highest BCUT2D eigenvalue weighted by atomic mass is 32.2. The smallest absolute Gasteiger partial charge is 0.413 e. The fourth-order valence-corrected chi connectivity index (χ4v) is 2.12. The number of ether oxygens (including phenoxy) is 2. The van der Waals surface area contributed by atoms with Gasteiger partial charge in [-0.25, -0.2) is 9.59 Å². The van der Waals surface area contributed by atoms with E-state index in [0.717, 1.165) is 23.1 Å². The maximum absolute atomic E-state index is 11.2. The maximum Gasteiger partial charge on any atom is 0.413 e. The van der Waals surface area contributed by atoms with E-state index in [0.29, 0.717) is 4.34 Å². The summed E-state index contributed by atoms with van der Waals surface area (Å²) in [5, 5.41) is 9.56. The molecule has 17 heavy (non-hydrogen) atoms. The van der Waals surface area contributed by atoms with Crippen molar-refractivity contribution in [3.05, 3.63) is 0 Å². The fraction of sp³-hybridized carbons (Fsp3) is 0.500. The van der Waals surface area contributed by atoms with Gasteiger partial charge in [0.2, 0.25) is 5.13 Å². The molecule has 94 valence electrons. The number of thioether (sulfide) groups is 1. The minimum Gasteiger partial charge on any atom is -0.461 e. The van der Waals surface area contributed by atoms with Gasteiger partial charge in [-0.05, 0) is 13.8 Å². The number of carbonyl (C=O) groups excluding carboxylic acids is 2. The van der Waals surface area contributed by atoms with Crippen molar-refractivity contribution in [2.75, 3.05) is 12.4 Å². The Labute approximate surface area is 106 Å². The van der Waals surface area contributed by atoms with Gasteiger partial charge in [0.25, 0.3) is 0 Å². The topological polar surface area (TPSA) is 90.4 Å². The second-order valence-electron chi connectivity index (χ2n) is 3.01. The van der Waals surface area contributed by atoms with Gasteiger partial charge in [0.05, 0.1) is 13.2 Å². The van der Waals surface area contributed by atoms with E-state index in [1.54, 1.807) is 13.8 Å². The first-order valence-electron chi connectivity index (χ1n) is 4.58. The van der Waals surface area contributed by atoms with E-state index in [-0.39, 0.29) is 11.2 Å². The van der Waals surface area contributed by atoms with Crippen LogP contribution < -0.4 is 5.32 Å². The van der Waals surface area contributed by atoms with Crippen molar-refractivity contribution in [3.63, 3.8) is 0 Å². The Balaban J connectivity index is 2.51. The molecule has 0 aliphatic rings. The van der Waals surface area contributed by atoms with Crippen LogP contribution in [0.1, 0.15) is 13.8 Å². The summed E-state index contributed by atoms with van der Waals surface area (Å²) in [4.78, 5) is 22.1. The van der Waals surface area contributed by atoms with Crippen LogP contribution in [-0.4, -0.2) is 34.8 Å². The summed E-state index contributed by atoms with van der Waals surface area (Å²) in [6.45, 7) is 3.47. The van der Waals surface area contributed by atoms with Crippen molar-refractivity contribution >= 4 is 39.6 Å². The van der Waals surface area contributed by atoms with Crippen LogP contribution >= 0.6 is 23.1 Å². The highest BCUT2D eigenvalue weighted by molar-refractivity contribution is 8.14. The molecular formula is C8H11N3O4S2. The summed E-state index contributed by atoms with van der Waals surface area (Å²) in [5.74, 6) is 0. The first-order chi connectivity index (χ1) is 8.01. The molecule has 0 fully saturated rings. The summed E-state index contributed by atoms with van der Waals surface area (Å²) in [7, 11) is 1.27. The second-order valence-corrected chi connectivity index (χ2v) is 5.17. The van der Waals surface area contributed by atoms with Crippen LogP contribution in [0.3, 0.4) is 0 Å². The van der Waals surface area contributed by atoms with Gasteiger partial charge in [-0.3, -0.25) is 5.32 Å². The van der Waals surface area contributed by atoms with Crippen LogP contribution in [-0.2, 0) is 9.47 Å². The molecule has 0 aliphatic heterocycles. The molecule has 0 aromatic carbocycles. The lowest BCUT2D eigenvalue weighted by Crippen LogP contribution is -2.17. The van der Waals surface area contributed by atoms with Crippen LogP contribution in [0.25, 0.3) is 0 Å². The van der Waals surface area contributed by atoms with Crippen molar-refractivity contribution in [2.24, 2.45) is 0 Å². The number of nitrogens with one attached hydrogen (secondary N) is 1. The Bertz CT molecular complexity index is 407. The van der Waals surface area contributed by atoms with Crippen molar-refractivity contribution < 1.29 is 19.1 Å². The van der Waals surface area contributed by atoms with Gasteiger partial charge in [0.15, 0.2) is 4.34 Å². The number of anilines is 1. The predicted molar refractivity (Wildman–Crippen MR) is 63.4 cm³/mol. The molecule has 1 heterocycles. The number of nitrogens with zero attached hydrogens (tertiary/aromatic N) is 2. The fourth-order valence-electron chi connectivity index (χ4n) is 0.745. The molecule has 0 radical (unpaired) electrons. The summed E-state index contributed by atoms with van der Waals surface area (Å²) in [5.41, 5.74) is 0. The molecule has 7 nitrogen and oxygen atoms in total. The Morgan fingerprint density at radius 3 is 2.71 bits per heavy atom. The third-order valence-corrected chi connectivity index (χ3v) is 3.02. The summed E-state index contributed by atoms with van der Waals surface area (Å²) < 4.78 is 9.69. The van der Waals surface area contributed by atoms with Gasteiger partial charge in [0, 0.05) is 11.8 Å². The molecule has 0 aliphatic carbocycles. The molecule has 1 rings (SSSR count). The van der Waals surface area contributed by atoms with E-state index < -0.39 is 11.4 Å². The van der Waals surface area contributed by atoms with Gasteiger partial charge in [0.1, 0.15) is 0 Å². The minimum absolute atomic E-state index is 0.216. The third kappa shape index (κ3) is 5.00. The lowest BCUT2D eigenvalue weighted by atomic mass is 10.5. The van der Waals surface area contributed by atoms with Gasteiger partial charge in [-0.1, -0.05) is 11.3 Å². The number of hydrogen-bond acceptors (Lipinski definition) is 8. The van der Waals surface area contributed by atoms with Crippen molar-refractivity contribution in [2.45, 2.75) is 24.3 Å². The zero-order valence-electron chi connectivity index (χ0n) is 9.42. The van der Waals surface area contributed by atoms with Crippen LogP contribution in [0.4, 0.5) is 14.7 Å². The molecule has 0 saturated carbocycles. The molecule has 1 aromatic heterocycles. The summed E-state index contributed by atoms with van der Waals surface area (Å²) >= 11 is 1.86. The Kier molecular flexibility index (Phi) is 5.16. The van der Waals surface area contributed by atoms with Crippen molar-refractivity contribution in [1.29, 1.82) is 0 Å². The minimum atomic E-state index is -0.606. The molecule has 9 heteroatoms. The Hall–Kier alpha value is -1.35. The largest absolute Gasteiger partial charge is 0.461 e. The zero-order valence-corrected chi connectivity index (χ0v) is 11.1. The Morgan fingerprint density at radius 1 is 1.41 bits per heavy atom. The number of hydrogen-bond donors (Lipinski definition) is 1. The number of carbonyl (C=O) groups is 2. The van der Waals surface area contributed by atoms with E-state index in [4.69, 9.17) is 4.74 Å². The molecule has 1 aromatic rings. The normalized spacial score (nSPS) is 10.1. The zero-order chi connectivity index (χ0) is 12.8. The van der Waals surface area contributed by atoms with E-state index in [1.165, 1.54) is 7.11 Å². The number of aromatic nitrogens is 2. The van der Waals surface area contributed by atoms with E-state index >= 15 is 0 Å². The highest BCUT2D eigenvalue weighted by Crippen LogP contribution is 2.26. The predicted octanol–water partition coefficient (Wildman–Crippen LogP) is 2.35. The molecule has 1 N–H and O–H groups in total. The van der Waals surface area contributed by atoms with Crippen molar-refractivity contribution in [3.8, 4) is 0 Å². The first-order valence-corrected chi connectivity index (χ1v) is 6.21. The first kappa shape index (κ1) is 13.7. The maximum atomic E-state index is 11.2. The standard InChI is InChI=1S/C8H11N3O4S2/c1-4(2)15-6(12)9-5-10-11-7(16-5)17-8(13)14-3/h4H,1-3H3,(H,9,10,12). The quantitative estimate of drug-likeness (QED) is 0.515.